The van der Waals surface area contributed by atoms with Crippen LogP contribution in [0.4, 0.5) is 0 Å². The minimum atomic E-state index is -0.224. The zero-order chi connectivity index (χ0) is 21.3. The SMILES string of the molecule is Cc1ccc(-c2csc3ncn(CC(=O)N[C@H](C)c4ccccc4)c(=O)c23)cc1C. The summed E-state index contributed by atoms with van der Waals surface area (Å²) < 4.78 is 1.38. The molecule has 4 rings (SSSR count). The predicted octanol–water partition coefficient (Wildman–Crippen LogP) is 4.62. The van der Waals surface area contributed by atoms with Gasteiger partial charge in [0.15, 0.2) is 0 Å². The normalized spacial score (nSPS) is 12.1. The maximum atomic E-state index is 13.2. The van der Waals surface area contributed by atoms with Crippen molar-refractivity contribution in [3.63, 3.8) is 0 Å². The first-order valence-corrected chi connectivity index (χ1v) is 10.7. The lowest BCUT2D eigenvalue weighted by Gasteiger charge is -2.15. The Labute approximate surface area is 179 Å². The maximum absolute atomic E-state index is 13.2. The Balaban J connectivity index is 1.62. The van der Waals surface area contributed by atoms with E-state index in [0.29, 0.717) is 10.2 Å². The number of hydrogen-bond donors (Lipinski definition) is 1. The van der Waals surface area contributed by atoms with Gasteiger partial charge >= 0.3 is 0 Å². The third-order valence-corrected chi connectivity index (χ3v) is 6.26. The molecule has 1 amide bonds. The van der Waals surface area contributed by atoms with Crippen LogP contribution in [0.3, 0.4) is 0 Å². The van der Waals surface area contributed by atoms with Gasteiger partial charge in [-0.1, -0.05) is 48.5 Å². The number of carbonyl (C=O) groups excluding carboxylic acids is 1. The standard InChI is InChI=1S/C24H23N3O2S/c1-15-9-10-19(11-16(15)2)20-13-30-23-22(20)24(29)27(14-25-23)12-21(28)26-17(3)18-7-5-4-6-8-18/h4-11,13-14,17H,12H2,1-3H3,(H,26,28)/t17-/m1/s1. The second-order valence-electron chi connectivity index (χ2n) is 7.51. The number of hydrogen-bond acceptors (Lipinski definition) is 4. The van der Waals surface area contributed by atoms with Crippen LogP contribution in [0.5, 0.6) is 0 Å². The molecule has 2 heterocycles. The highest BCUT2D eigenvalue weighted by Gasteiger charge is 2.16. The van der Waals surface area contributed by atoms with Gasteiger partial charge in [-0.25, -0.2) is 4.98 Å². The number of aromatic nitrogens is 2. The third kappa shape index (κ3) is 3.91. The first-order chi connectivity index (χ1) is 14.4. The number of benzene rings is 2. The van der Waals surface area contributed by atoms with Crippen LogP contribution in [-0.2, 0) is 11.3 Å². The molecule has 1 atom stereocenters. The van der Waals surface area contributed by atoms with Gasteiger partial charge in [0.05, 0.1) is 17.8 Å². The summed E-state index contributed by atoms with van der Waals surface area (Å²) in [4.78, 5) is 30.8. The molecule has 0 saturated heterocycles. The molecule has 2 aromatic carbocycles. The van der Waals surface area contributed by atoms with Crippen LogP contribution >= 0.6 is 11.3 Å². The van der Waals surface area contributed by atoms with E-state index in [0.717, 1.165) is 16.7 Å². The molecule has 5 nitrogen and oxygen atoms in total. The minimum absolute atomic E-state index is 0.0683. The lowest BCUT2D eigenvalue weighted by molar-refractivity contribution is -0.122. The van der Waals surface area contributed by atoms with Gasteiger partial charge in [0, 0.05) is 10.9 Å². The molecule has 0 spiro atoms. The molecule has 0 unspecified atom stereocenters. The number of amides is 1. The van der Waals surface area contributed by atoms with E-state index in [1.165, 1.54) is 33.4 Å². The molecule has 1 N–H and O–H groups in total. The fourth-order valence-corrected chi connectivity index (χ4v) is 4.38. The molecular weight excluding hydrogens is 394 g/mol. The van der Waals surface area contributed by atoms with Crippen molar-refractivity contribution in [2.75, 3.05) is 0 Å². The van der Waals surface area contributed by atoms with E-state index in [2.05, 4.69) is 36.3 Å². The largest absolute Gasteiger partial charge is 0.348 e. The van der Waals surface area contributed by atoms with Gasteiger partial charge in [0.1, 0.15) is 11.4 Å². The quantitative estimate of drug-likeness (QED) is 0.515. The summed E-state index contributed by atoms with van der Waals surface area (Å²) >= 11 is 1.44. The van der Waals surface area contributed by atoms with Crippen molar-refractivity contribution in [3.8, 4) is 11.1 Å². The molecule has 2 aromatic heterocycles. The summed E-state index contributed by atoms with van der Waals surface area (Å²) in [6.07, 6.45) is 1.46. The Morgan fingerprint density at radius 2 is 1.90 bits per heavy atom. The lowest BCUT2D eigenvalue weighted by Crippen LogP contribution is -2.33. The van der Waals surface area contributed by atoms with E-state index in [4.69, 9.17) is 0 Å². The number of thiophene rings is 1. The average molecular weight is 418 g/mol. The van der Waals surface area contributed by atoms with Crippen molar-refractivity contribution in [1.82, 2.24) is 14.9 Å². The van der Waals surface area contributed by atoms with E-state index in [1.54, 1.807) is 0 Å². The molecule has 152 valence electrons. The van der Waals surface area contributed by atoms with Crippen molar-refractivity contribution in [3.05, 3.63) is 87.3 Å². The second-order valence-corrected chi connectivity index (χ2v) is 8.36. The van der Waals surface area contributed by atoms with Gasteiger partial charge in [0.25, 0.3) is 5.56 Å². The van der Waals surface area contributed by atoms with Gasteiger partial charge < -0.3 is 5.32 Å². The number of carbonyl (C=O) groups is 1. The Morgan fingerprint density at radius 1 is 1.13 bits per heavy atom. The van der Waals surface area contributed by atoms with Gasteiger partial charge in [-0.05, 0) is 43.0 Å². The number of nitrogens with one attached hydrogen (secondary N) is 1. The first-order valence-electron chi connectivity index (χ1n) is 9.82. The maximum Gasteiger partial charge on any atom is 0.263 e. The molecule has 0 saturated carbocycles. The average Bonchev–Trinajstić information content (AvgIpc) is 3.17. The zero-order valence-electron chi connectivity index (χ0n) is 17.2. The van der Waals surface area contributed by atoms with Crippen molar-refractivity contribution >= 4 is 27.5 Å². The highest BCUT2D eigenvalue weighted by Crippen LogP contribution is 2.31. The zero-order valence-corrected chi connectivity index (χ0v) is 18.0. The third-order valence-electron chi connectivity index (χ3n) is 5.37. The van der Waals surface area contributed by atoms with Crippen LogP contribution in [0.25, 0.3) is 21.3 Å². The van der Waals surface area contributed by atoms with Crippen LogP contribution in [-0.4, -0.2) is 15.5 Å². The lowest BCUT2D eigenvalue weighted by atomic mass is 10.0. The summed E-state index contributed by atoms with van der Waals surface area (Å²) in [6, 6.07) is 15.8. The Morgan fingerprint density at radius 3 is 2.63 bits per heavy atom. The number of aryl methyl sites for hydroxylation is 2. The minimum Gasteiger partial charge on any atom is -0.348 e. The smallest absolute Gasteiger partial charge is 0.263 e. The van der Waals surface area contributed by atoms with Crippen LogP contribution in [0, 0.1) is 13.8 Å². The van der Waals surface area contributed by atoms with E-state index >= 15 is 0 Å². The van der Waals surface area contributed by atoms with Gasteiger partial charge in [-0.15, -0.1) is 11.3 Å². The highest BCUT2D eigenvalue weighted by molar-refractivity contribution is 7.17. The topological polar surface area (TPSA) is 64.0 Å². The summed E-state index contributed by atoms with van der Waals surface area (Å²) in [5, 5.41) is 5.48. The van der Waals surface area contributed by atoms with Crippen molar-refractivity contribution in [2.24, 2.45) is 0 Å². The molecule has 0 aliphatic heterocycles. The number of fused-ring (bicyclic) bond motifs is 1. The van der Waals surface area contributed by atoms with Crippen molar-refractivity contribution in [1.29, 1.82) is 0 Å². The van der Waals surface area contributed by atoms with E-state index in [-0.39, 0.29) is 24.1 Å². The van der Waals surface area contributed by atoms with E-state index in [1.807, 2.05) is 48.7 Å². The van der Waals surface area contributed by atoms with Crippen LogP contribution in [0.15, 0.2) is 65.0 Å². The molecule has 0 aliphatic rings. The molecule has 0 radical (unpaired) electrons. The molecule has 0 bridgehead atoms. The second kappa shape index (κ2) is 8.24. The number of nitrogens with zero attached hydrogens (tertiary/aromatic N) is 2. The Bertz CT molecular complexity index is 1270. The fourth-order valence-electron chi connectivity index (χ4n) is 3.47. The monoisotopic (exact) mass is 417 g/mol. The summed E-state index contributed by atoms with van der Waals surface area (Å²) in [5.74, 6) is -0.224. The molecule has 6 heteroatoms. The Hall–Kier alpha value is -3.25. The molecule has 30 heavy (non-hydrogen) atoms. The fraction of sp³-hybridized carbons (Fsp3) is 0.208. The molecule has 4 aromatic rings. The van der Waals surface area contributed by atoms with E-state index < -0.39 is 0 Å². The summed E-state index contributed by atoms with van der Waals surface area (Å²) in [6.45, 7) is 5.98. The van der Waals surface area contributed by atoms with E-state index in [9.17, 15) is 9.59 Å². The van der Waals surface area contributed by atoms with Crippen molar-refractivity contribution < 1.29 is 4.79 Å². The first kappa shape index (κ1) is 20.0. The Kier molecular flexibility index (Phi) is 5.50. The summed E-state index contributed by atoms with van der Waals surface area (Å²) in [7, 11) is 0. The van der Waals surface area contributed by atoms with Crippen LogP contribution in [0.1, 0.15) is 29.7 Å². The van der Waals surface area contributed by atoms with Crippen LogP contribution in [0.2, 0.25) is 0 Å². The van der Waals surface area contributed by atoms with Gasteiger partial charge in [-0.3, -0.25) is 14.2 Å². The van der Waals surface area contributed by atoms with Gasteiger partial charge in [-0.2, -0.15) is 0 Å². The van der Waals surface area contributed by atoms with Gasteiger partial charge in [0.2, 0.25) is 5.91 Å². The van der Waals surface area contributed by atoms with Crippen molar-refractivity contribution in [2.45, 2.75) is 33.4 Å². The molecule has 0 fully saturated rings. The molecule has 0 aliphatic carbocycles. The molecular formula is C24H23N3O2S. The highest BCUT2D eigenvalue weighted by atomic mass is 32.1. The number of rotatable bonds is 5. The summed E-state index contributed by atoms with van der Waals surface area (Å²) in [5.41, 5.74) is 5.05. The van der Waals surface area contributed by atoms with Crippen LogP contribution < -0.4 is 10.9 Å². The predicted molar refractivity (Wildman–Crippen MR) is 122 cm³/mol.